The number of carbonyl (C=O) groups is 1. The molecule has 5 nitrogen and oxygen atoms in total. The van der Waals surface area contributed by atoms with Crippen LogP contribution in [0, 0.1) is 13.8 Å². The van der Waals surface area contributed by atoms with Crippen LogP contribution >= 0.6 is 0 Å². The van der Waals surface area contributed by atoms with Gasteiger partial charge in [0, 0.05) is 31.5 Å². The number of aromatic nitrogens is 2. The first-order valence-corrected chi connectivity index (χ1v) is 7.29. The van der Waals surface area contributed by atoms with Gasteiger partial charge in [-0.15, -0.1) is 10.2 Å². The number of likely N-dealkylation sites (tertiary alicyclic amines) is 1. The van der Waals surface area contributed by atoms with Crippen molar-refractivity contribution in [2.24, 2.45) is 0 Å². The van der Waals surface area contributed by atoms with Crippen LogP contribution in [-0.4, -0.2) is 34.1 Å². The fraction of sp³-hybridized carbons (Fsp3) is 0.438. The quantitative estimate of drug-likeness (QED) is 0.851. The summed E-state index contributed by atoms with van der Waals surface area (Å²) in [4.78, 5) is 14.3. The number of piperidine rings is 1. The van der Waals surface area contributed by atoms with Crippen LogP contribution < -0.4 is 0 Å². The minimum Gasteiger partial charge on any atom is -0.425 e. The van der Waals surface area contributed by atoms with Gasteiger partial charge in [0.2, 0.25) is 11.8 Å². The van der Waals surface area contributed by atoms with E-state index in [9.17, 15) is 4.79 Å². The second-order valence-electron chi connectivity index (χ2n) is 5.59. The number of amides is 1. The fourth-order valence-electron chi connectivity index (χ4n) is 2.69. The zero-order chi connectivity index (χ0) is 14.8. The monoisotopic (exact) mass is 285 g/mol. The number of aryl methyl sites for hydroxylation is 2. The maximum absolute atomic E-state index is 12.4. The Morgan fingerprint density at radius 1 is 1.14 bits per heavy atom. The summed E-state index contributed by atoms with van der Waals surface area (Å²) >= 11 is 0. The van der Waals surface area contributed by atoms with Crippen molar-refractivity contribution in [3.63, 3.8) is 0 Å². The van der Waals surface area contributed by atoms with Crippen LogP contribution in [0.4, 0.5) is 0 Å². The highest BCUT2D eigenvalue weighted by Crippen LogP contribution is 2.27. The van der Waals surface area contributed by atoms with E-state index in [1.165, 1.54) is 0 Å². The van der Waals surface area contributed by atoms with Crippen molar-refractivity contribution in [3.8, 4) is 0 Å². The Kier molecular flexibility index (Phi) is 3.73. The standard InChI is InChI=1S/C16H19N3O2/c1-11-3-5-14(6-4-11)16(20)19-9-7-13(8-10-19)15-18-17-12(2)21-15/h3-6,13H,7-10H2,1-2H3. The lowest BCUT2D eigenvalue weighted by atomic mass is 9.96. The average molecular weight is 285 g/mol. The van der Waals surface area contributed by atoms with E-state index in [0.717, 1.165) is 37.1 Å². The summed E-state index contributed by atoms with van der Waals surface area (Å²) in [5, 5.41) is 7.96. The van der Waals surface area contributed by atoms with Gasteiger partial charge in [-0.3, -0.25) is 4.79 Å². The fourth-order valence-corrected chi connectivity index (χ4v) is 2.69. The van der Waals surface area contributed by atoms with Crippen molar-refractivity contribution in [2.75, 3.05) is 13.1 Å². The molecule has 1 aliphatic heterocycles. The lowest BCUT2D eigenvalue weighted by Crippen LogP contribution is -2.38. The van der Waals surface area contributed by atoms with E-state index >= 15 is 0 Å². The second-order valence-corrected chi connectivity index (χ2v) is 5.59. The van der Waals surface area contributed by atoms with E-state index in [0.29, 0.717) is 11.8 Å². The summed E-state index contributed by atoms with van der Waals surface area (Å²) in [7, 11) is 0. The van der Waals surface area contributed by atoms with Gasteiger partial charge in [0.25, 0.3) is 5.91 Å². The van der Waals surface area contributed by atoms with Gasteiger partial charge in [-0.05, 0) is 31.9 Å². The molecule has 1 amide bonds. The molecule has 0 aliphatic carbocycles. The zero-order valence-corrected chi connectivity index (χ0v) is 12.4. The zero-order valence-electron chi connectivity index (χ0n) is 12.4. The number of nitrogens with zero attached hydrogens (tertiary/aromatic N) is 3. The molecule has 1 aromatic heterocycles. The van der Waals surface area contributed by atoms with E-state index in [1.807, 2.05) is 36.1 Å². The average Bonchev–Trinajstić information content (AvgIpc) is 2.94. The largest absolute Gasteiger partial charge is 0.425 e. The Bertz CT molecular complexity index is 625. The highest BCUT2D eigenvalue weighted by Gasteiger charge is 2.27. The van der Waals surface area contributed by atoms with Crippen LogP contribution in [-0.2, 0) is 0 Å². The van der Waals surface area contributed by atoms with Gasteiger partial charge >= 0.3 is 0 Å². The Labute approximate surface area is 124 Å². The third kappa shape index (κ3) is 2.96. The minimum absolute atomic E-state index is 0.107. The van der Waals surface area contributed by atoms with E-state index < -0.39 is 0 Å². The molecule has 3 rings (SSSR count). The molecule has 0 N–H and O–H groups in total. The van der Waals surface area contributed by atoms with Crippen molar-refractivity contribution in [3.05, 3.63) is 47.2 Å². The van der Waals surface area contributed by atoms with Crippen LogP contribution in [0.3, 0.4) is 0 Å². The summed E-state index contributed by atoms with van der Waals surface area (Å²) < 4.78 is 5.49. The van der Waals surface area contributed by atoms with Crippen molar-refractivity contribution < 1.29 is 9.21 Å². The molecule has 0 bridgehead atoms. The summed E-state index contributed by atoms with van der Waals surface area (Å²) in [6, 6.07) is 7.73. The summed E-state index contributed by atoms with van der Waals surface area (Å²) in [6.45, 7) is 5.29. The molecular weight excluding hydrogens is 266 g/mol. The first-order chi connectivity index (χ1) is 10.1. The third-order valence-electron chi connectivity index (χ3n) is 3.97. The second kappa shape index (κ2) is 5.68. The van der Waals surface area contributed by atoms with Gasteiger partial charge in [0.05, 0.1) is 0 Å². The molecule has 0 unspecified atom stereocenters. The number of carbonyl (C=O) groups excluding carboxylic acids is 1. The molecular formula is C16H19N3O2. The normalized spacial score (nSPS) is 16.2. The maximum Gasteiger partial charge on any atom is 0.253 e. The molecule has 0 saturated carbocycles. The molecule has 2 heterocycles. The Balaban J connectivity index is 1.63. The maximum atomic E-state index is 12.4. The van der Waals surface area contributed by atoms with Gasteiger partial charge in [0.15, 0.2) is 0 Å². The molecule has 0 atom stereocenters. The van der Waals surface area contributed by atoms with E-state index in [2.05, 4.69) is 10.2 Å². The highest BCUT2D eigenvalue weighted by atomic mass is 16.4. The molecule has 0 radical (unpaired) electrons. The van der Waals surface area contributed by atoms with Gasteiger partial charge in [-0.1, -0.05) is 17.7 Å². The van der Waals surface area contributed by atoms with Crippen molar-refractivity contribution in [1.29, 1.82) is 0 Å². The van der Waals surface area contributed by atoms with Crippen LogP contribution in [0.15, 0.2) is 28.7 Å². The smallest absolute Gasteiger partial charge is 0.253 e. The van der Waals surface area contributed by atoms with Crippen LogP contribution in [0.25, 0.3) is 0 Å². The molecule has 2 aromatic rings. The molecule has 0 spiro atoms. The molecule has 21 heavy (non-hydrogen) atoms. The topological polar surface area (TPSA) is 59.2 Å². The number of benzene rings is 1. The number of rotatable bonds is 2. The molecule has 110 valence electrons. The van der Waals surface area contributed by atoms with Gasteiger partial charge in [-0.2, -0.15) is 0 Å². The minimum atomic E-state index is 0.107. The molecule has 1 fully saturated rings. The Hall–Kier alpha value is -2.17. The van der Waals surface area contributed by atoms with E-state index in [-0.39, 0.29) is 11.8 Å². The SMILES string of the molecule is Cc1ccc(C(=O)N2CCC(c3nnc(C)o3)CC2)cc1. The van der Waals surface area contributed by atoms with Gasteiger partial charge in [-0.25, -0.2) is 0 Å². The number of hydrogen-bond donors (Lipinski definition) is 0. The summed E-state index contributed by atoms with van der Waals surface area (Å²) in [5.41, 5.74) is 1.92. The molecule has 1 aliphatic rings. The van der Waals surface area contributed by atoms with Crippen LogP contribution in [0.2, 0.25) is 0 Å². The summed E-state index contributed by atoms with van der Waals surface area (Å²) in [6.07, 6.45) is 1.75. The van der Waals surface area contributed by atoms with Crippen molar-refractivity contribution in [1.82, 2.24) is 15.1 Å². The van der Waals surface area contributed by atoms with Crippen LogP contribution in [0.1, 0.15) is 46.5 Å². The van der Waals surface area contributed by atoms with Gasteiger partial charge < -0.3 is 9.32 Å². The Morgan fingerprint density at radius 3 is 2.38 bits per heavy atom. The number of hydrogen-bond acceptors (Lipinski definition) is 4. The van der Waals surface area contributed by atoms with E-state index in [1.54, 1.807) is 6.92 Å². The summed E-state index contributed by atoms with van der Waals surface area (Å²) in [5.74, 6) is 1.68. The lowest BCUT2D eigenvalue weighted by Gasteiger charge is -2.30. The van der Waals surface area contributed by atoms with Crippen LogP contribution in [0.5, 0.6) is 0 Å². The molecule has 5 heteroatoms. The van der Waals surface area contributed by atoms with E-state index in [4.69, 9.17) is 4.42 Å². The third-order valence-corrected chi connectivity index (χ3v) is 3.97. The lowest BCUT2D eigenvalue weighted by molar-refractivity contribution is 0.0706. The Morgan fingerprint density at radius 2 is 1.81 bits per heavy atom. The predicted octanol–water partition coefficient (Wildman–Crippen LogP) is 2.71. The predicted molar refractivity (Wildman–Crippen MR) is 78.1 cm³/mol. The van der Waals surface area contributed by atoms with Crippen molar-refractivity contribution in [2.45, 2.75) is 32.6 Å². The first kappa shape index (κ1) is 13.8. The first-order valence-electron chi connectivity index (χ1n) is 7.29. The molecule has 1 saturated heterocycles. The van der Waals surface area contributed by atoms with Crippen molar-refractivity contribution >= 4 is 5.91 Å². The molecule has 1 aromatic carbocycles. The van der Waals surface area contributed by atoms with Gasteiger partial charge in [0.1, 0.15) is 0 Å². The highest BCUT2D eigenvalue weighted by molar-refractivity contribution is 5.94.